The maximum absolute atomic E-state index is 11.6. The van der Waals surface area contributed by atoms with Gasteiger partial charge in [-0.15, -0.1) is 0 Å². The van der Waals surface area contributed by atoms with Crippen LogP contribution in [0.3, 0.4) is 0 Å². The van der Waals surface area contributed by atoms with Crippen LogP contribution in [-0.2, 0) is 4.79 Å². The number of hydrogen-bond donors (Lipinski definition) is 2. The van der Waals surface area contributed by atoms with Gasteiger partial charge in [0.05, 0.1) is 12.8 Å². The summed E-state index contributed by atoms with van der Waals surface area (Å²) in [7, 11) is 0. The second-order valence-corrected chi connectivity index (χ2v) is 4.50. The summed E-state index contributed by atoms with van der Waals surface area (Å²) in [5.74, 6) is -0.225. The lowest BCUT2D eigenvalue weighted by atomic mass is 10.2. The van der Waals surface area contributed by atoms with Gasteiger partial charge in [0.1, 0.15) is 0 Å². The lowest BCUT2D eigenvalue weighted by molar-refractivity contribution is -0.119. The van der Waals surface area contributed by atoms with Crippen LogP contribution in [0.25, 0.3) is 0 Å². The fourth-order valence-corrected chi connectivity index (χ4v) is 1.73. The molecule has 2 rings (SSSR count). The van der Waals surface area contributed by atoms with Gasteiger partial charge in [0.15, 0.2) is 0 Å². The number of rotatable bonds is 5. The summed E-state index contributed by atoms with van der Waals surface area (Å²) in [5.41, 5.74) is 4.17. The van der Waals surface area contributed by atoms with Crippen LogP contribution in [0, 0.1) is 0 Å². The third-order valence-electron chi connectivity index (χ3n) is 2.48. The van der Waals surface area contributed by atoms with E-state index in [4.69, 9.17) is 11.6 Å². The van der Waals surface area contributed by atoms with Crippen molar-refractivity contribution in [3.8, 4) is 0 Å². The van der Waals surface area contributed by atoms with Crippen molar-refractivity contribution in [2.45, 2.75) is 0 Å². The molecule has 0 atom stereocenters. The summed E-state index contributed by atoms with van der Waals surface area (Å²) in [6.45, 7) is 0.131. The van der Waals surface area contributed by atoms with Crippen LogP contribution in [0.4, 0.5) is 5.69 Å². The molecule has 0 aliphatic rings. The fraction of sp³-hybridized carbons (Fsp3) is 0.0667. The standard InChI is InChI=1S/C15H14ClN3O/c16-13-7-4-8-14(9-13)17-11-15(20)19-18-10-12-5-2-1-3-6-12/h1-10,17H,11H2,(H,19,20). The molecule has 4 nitrogen and oxygen atoms in total. The van der Waals surface area contributed by atoms with E-state index in [1.807, 2.05) is 42.5 Å². The maximum Gasteiger partial charge on any atom is 0.259 e. The number of nitrogens with one attached hydrogen (secondary N) is 2. The molecule has 0 aromatic heterocycles. The average molecular weight is 288 g/mol. The molecule has 0 saturated heterocycles. The number of carbonyl (C=O) groups is 1. The second kappa shape index (κ2) is 7.31. The van der Waals surface area contributed by atoms with Crippen molar-refractivity contribution < 1.29 is 4.79 Å². The Morgan fingerprint density at radius 2 is 1.95 bits per heavy atom. The van der Waals surface area contributed by atoms with Gasteiger partial charge in [-0.05, 0) is 23.8 Å². The number of halogens is 1. The van der Waals surface area contributed by atoms with Crippen molar-refractivity contribution in [2.24, 2.45) is 5.10 Å². The molecule has 102 valence electrons. The van der Waals surface area contributed by atoms with E-state index in [1.54, 1.807) is 18.3 Å². The van der Waals surface area contributed by atoms with Crippen LogP contribution in [0.2, 0.25) is 5.02 Å². The molecule has 20 heavy (non-hydrogen) atoms. The van der Waals surface area contributed by atoms with Crippen molar-refractivity contribution in [3.05, 3.63) is 65.2 Å². The average Bonchev–Trinajstić information content (AvgIpc) is 2.46. The van der Waals surface area contributed by atoms with Crippen molar-refractivity contribution in [2.75, 3.05) is 11.9 Å². The Balaban J connectivity index is 1.77. The summed E-state index contributed by atoms with van der Waals surface area (Å²) < 4.78 is 0. The van der Waals surface area contributed by atoms with Gasteiger partial charge in [0.25, 0.3) is 5.91 Å². The van der Waals surface area contributed by atoms with Gasteiger partial charge < -0.3 is 5.32 Å². The number of hydrogen-bond acceptors (Lipinski definition) is 3. The lowest BCUT2D eigenvalue weighted by Crippen LogP contribution is -2.25. The van der Waals surface area contributed by atoms with Crippen molar-refractivity contribution in [1.82, 2.24) is 5.43 Å². The van der Waals surface area contributed by atoms with E-state index >= 15 is 0 Å². The first-order valence-corrected chi connectivity index (χ1v) is 6.48. The van der Waals surface area contributed by atoms with Gasteiger partial charge >= 0.3 is 0 Å². The highest BCUT2D eigenvalue weighted by Crippen LogP contribution is 2.14. The molecular weight excluding hydrogens is 274 g/mol. The highest BCUT2D eigenvalue weighted by Gasteiger charge is 1.99. The zero-order valence-corrected chi connectivity index (χ0v) is 11.5. The van der Waals surface area contributed by atoms with Crippen molar-refractivity contribution in [3.63, 3.8) is 0 Å². The molecule has 2 N–H and O–H groups in total. The first-order valence-electron chi connectivity index (χ1n) is 6.10. The molecule has 0 bridgehead atoms. The summed E-state index contributed by atoms with van der Waals surface area (Å²) >= 11 is 5.85. The first-order chi connectivity index (χ1) is 9.74. The highest BCUT2D eigenvalue weighted by molar-refractivity contribution is 6.30. The Morgan fingerprint density at radius 1 is 1.15 bits per heavy atom. The second-order valence-electron chi connectivity index (χ2n) is 4.07. The van der Waals surface area contributed by atoms with Crippen LogP contribution in [0.1, 0.15) is 5.56 Å². The minimum atomic E-state index is -0.225. The SMILES string of the molecule is O=C(CNc1cccc(Cl)c1)NN=Cc1ccccc1. The van der Waals surface area contributed by atoms with Crippen molar-refractivity contribution in [1.29, 1.82) is 0 Å². The molecule has 0 fully saturated rings. The van der Waals surface area contributed by atoms with Crippen LogP contribution < -0.4 is 10.7 Å². The monoisotopic (exact) mass is 287 g/mol. The molecule has 1 amide bonds. The molecule has 0 aliphatic carbocycles. The van der Waals surface area contributed by atoms with Gasteiger partial charge in [-0.3, -0.25) is 4.79 Å². The number of carbonyl (C=O) groups excluding carboxylic acids is 1. The summed E-state index contributed by atoms with van der Waals surface area (Å²) in [4.78, 5) is 11.6. The normalized spacial score (nSPS) is 10.4. The number of nitrogens with zero attached hydrogens (tertiary/aromatic N) is 1. The summed E-state index contributed by atoms with van der Waals surface area (Å²) in [5, 5.41) is 7.47. The molecular formula is C15H14ClN3O. The molecule has 0 aliphatic heterocycles. The Bertz CT molecular complexity index is 599. The molecule has 0 saturated carbocycles. The zero-order valence-electron chi connectivity index (χ0n) is 10.7. The Kier molecular flexibility index (Phi) is 5.15. The number of benzene rings is 2. The van der Waals surface area contributed by atoms with Gasteiger partial charge in [-0.1, -0.05) is 48.0 Å². The highest BCUT2D eigenvalue weighted by atomic mass is 35.5. The first kappa shape index (κ1) is 14.1. The van der Waals surface area contributed by atoms with E-state index in [2.05, 4.69) is 15.8 Å². The van der Waals surface area contributed by atoms with Crippen LogP contribution in [0.15, 0.2) is 59.7 Å². The predicted octanol–water partition coefficient (Wildman–Crippen LogP) is 2.90. The minimum Gasteiger partial charge on any atom is -0.376 e. The number of anilines is 1. The predicted molar refractivity (Wildman–Crippen MR) is 82.1 cm³/mol. The zero-order chi connectivity index (χ0) is 14.2. The largest absolute Gasteiger partial charge is 0.376 e. The maximum atomic E-state index is 11.6. The van der Waals surface area contributed by atoms with Crippen LogP contribution in [-0.4, -0.2) is 18.7 Å². The van der Waals surface area contributed by atoms with E-state index in [0.717, 1.165) is 11.3 Å². The molecule has 2 aromatic carbocycles. The van der Waals surface area contributed by atoms with E-state index in [9.17, 15) is 4.79 Å². The van der Waals surface area contributed by atoms with Crippen LogP contribution in [0.5, 0.6) is 0 Å². The third-order valence-corrected chi connectivity index (χ3v) is 2.72. The molecule has 2 aromatic rings. The van der Waals surface area contributed by atoms with Gasteiger partial charge in [-0.25, -0.2) is 5.43 Å². The molecule has 0 radical (unpaired) electrons. The quantitative estimate of drug-likeness (QED) is 0.656. The Labute approximate surface area is 122 Å². The third kappa shape index (κ3) is 4.74. The van der Waals surface area contributed by atoms with Gasteiger partial charge in [0.2, 0.25) is 0 Å². The topological polar surface area (TPSA) is 53.5 Å². The van der Waals surface area contributed by atoms with E-state index in [1.165, 1.54) is 0 Å². The minimum absolute atomic E-state index is 0.131. The van der Waals surface area contributed by atoms with Gasteiger partial charge in [0, 0.05) is 10.7 Å². The summed E-state index contributed by atoms with van der Waals surface area (Å²) in [6.07, 6.45) is 1.59. The Hall–Kier alpha value is -2.33. The molecule has 0 heterocycles. The fourth-order valence-electron chi connectivity index (χ4n) is 1.54. The van der Waals surface area contributed by atoms with Crippen molar-refractivity contribution >= 4 is 29.4 Å². The van der Waals surface area contributed by atoms with Crippen LogP contribution >= 0.6 is 11.6 Å². The van der Waals surface area contributed by atoms with E-state index in [-0.39, 0.29) is 12.5 Å². The molecule has 5 heteroatoms. The van der Waals surface area contributed by atoms with Gasteiger partial charge in [-0.2, -0.15) is 5.10 Å². The smallest absolute Gasteiger partial charge is 0.259 e. The number of amides is 1. The number of hydrazone groups is 1. The Morgan fingerprint density at radius 3 is 2.70 bits per heavy atom. The summed E-state index contributed by atoms with van der Waals surface area (Å²) in [6, 6.07) is 16.7. The van der Waals surface area contributed by atoms with E-state index in [0.29, 0.717) is 5.02 Å². The molecule has 0 unspecified atom stereocenters. The van der Waals surface area contributed by atoms with E-state index < -0.39 is 0 Å². The lowest BCUT2D eigenvalue weighted by Gasteiger charge is -2.05. The molecule has 0 spiro atoms.